The summed E-state index contributed by atoms with van der Waals surface area (Å²) in [4.78, 5) is 16.4. The Balaban J connectivity index is 1.95. The lowest BCUT2D eigenvalue weighted by molar-refractivity contribution is 0.0641. The first-order chi connectivity index (χ1) is 9.24. The number of carbonyl (C=O) groups excluding carboxylic acids is 1. The van der Waals surface area contributed by atoms with Crippen LogP contribution in [0.5, 0.6) is 0 Å². The van der Waals surface area contributed by atoms with E-state index in [4.69, 9.17) is 11.0 Å². The van der Waals surface area contributed by atoms with E-state index in [0.717, 1.165) is 32.7 Å². The van der Waals surface area contributed by atoms with Crippen LogP contribution in [0.2, 0.25) is 0 Å². The lowest BCUT2D eigenvalue weighted by atomic mass is 10.1. The molecule has 5 heteroatoms. The monoisotopic (exact) mass is 258 g/mol. The quantitative estimate of drug-likeness (QED) is 0.845. The number of hydrogen-bond acceptors (Lipinski definition) is 4. The highest BCUT2D eigenvalue weighted by Crippen LogP contribution is 2.10. The number of nitriles is 1. The highest BCUT2D eigenvalue weighted by molar-refractivity contribution is 5.94. The lowest BCUT2D eigenvalue weighted by Crippen LogP contribution is -2.49. The zero-order valence-electron chi connectivity index (χ0n) is 10.9. The number of nitrogens with zero attached hydrogens (tertiary/aromatic N) is 3. The predicted molar refractivity (Wildman–Crippen MR) is 72.6 cm³/mol. The summed E-state index contributed by atoms with van der Waals surface area (Å²) >= 11 is 0. The first kappa shape index (κ1) is 13.5. The van der Waals surface area contributed by atoms with E-state index < -0.39 is 0 Å². The van der Waals surface area contributed by atoms with Crippen molar-refractivity contribution in [2.45, 2.75) is 0 Å². The Kier molecular flexibility index (Phi) is 4.50. The average molecular weight is 258 g/mol. The van der Waals surface area contributed by atoms with E-state index in [2.05, 4.69) is 4.90 Å². The van der Waals surface area contributed by atoms with Crippen molar-refractivity contribution in [1.82, 2.24) is 9.80 Å². The first-order valence-corrected chi connectivity index (χ1v) is 6.46. The van der Waals surface area contributed by atoms with Gasteiger partial charge in [0.2, 0.25) is 0 Å². The molecule has 0 saturated carbocycles. The van der Waals surface area contributed by atoms with Crippen molar-refractivity contribution in [2.75, 3.05) is 39.3 Å². The number of nitrogens with two attached hydrogens (primary N) is 1. The van der Waals surface area contributed by atoms with Crippen molar-refractivity contribution in [1.29, 1.82) is 5.26 Å². The summed E-state index contributed by atoms with van der Waals surface area (Å²) in [6.45, 7) is 4.76. The van der Waals surface area contributed by atoms with E-state index >= 15 is 0 Å². The lowest BCUT2D eigenvalue weighted by Gasteiger charge is -2.34. The Hall–Kier alpha value is -1.90. The van der Waals surface area contributed by atoms with Crippen molar-refractivity contribution >= 4 is 5.91 Å². The second kappa shape index (κ2) is 6.32. The fourth-order valence-electron chi connectivity index (χ4n) is 2.23. The van der Waals surface area contributed by atoms with Crippen LogP contribution in [0.25, 0.3) is 0 Å². The van der Waals surface area contributed by atoms with Crippen LogP contribution in [0.15, 0.2) is 24.3 Å². The minimum Gasteiger partial charge on any atom is -0.336 e. The number of benzene rings is 1. The molecule has 0 aromatic heterocycles. The smallest absolute Gasteiger partial charge is 0.253 e. The molecule has 1 amide bonds. The Morgan fingerprint density at radius 3 is 2.37 bits per heavy atom. The predicted octanol–water partition coefficient (Wildman–Crippen LogP) is 0.275. The van der Waals surface area contributed by atoms with E-state index in [1.165, 1.54) is 0 Å². The molecule has 0 atom stereocenters. The fourth-order valence-corrected chi connectivity index (χ4v) is 2.23. The van der Waals surface area contributed by atoms with Crippen LogP contribution in [-0.4, -0.2) is 55.0 Å². The van der Waals surface area contributed by atoms with E-state index in [9.17, 15) is 4.79 Å². The summed E-state index contributed by atoms with van der Waals surface area (Å²) in [7, 11) is 0. The second-order valence-electron chi connectivity index (χ2n) is 4.61. The molecule has 100 valence electrons. The summed E-state index contributed by atoms with van der Waals surface area (Å²) < 4.78 is 0. The number of amides is 1. The molecule has 19 heavy (non-hydrogen) atoms. The van der Waals surface area contributed by atoms with Crippen LogP contribution in [0.4, 0.5) is 0 Å². The topological polar surface area (TPSA) is 73.4 Å². The van der Waals surface area contributed by atoms with E-state index in [0.29, 0.717) is 17.7 Å². The average Bonchev–Trinajstić information content (AvgIpc) is 2.48. The summed E-state index contributed by atoms with van der Waals surface area (Å²) in [6, 6.07) is 8.84. The van der Waals surface area contributed by atoms with Gasteiger partial charge in [-0.05, 0) is 24.3 Å². The molecule has 1 aromatic rings. The molecular weight excluding hydrogens is 240 g/mol. The van der Waals surface area contributed by atoms with Crippen molar-refractivity contribution in [3.63, 3.8) is 0 Å². The molecule has 1 aromatic carbocycles. The molecule has 1 saturated heterocycles. The number of hydrogen-bond donors (Lipinski definition) is 1. The molecule has 2 N–H and O–H groups in total. The molecule has 1 heterocycles. The number of rotatable bonds is 3. The molecule has 5 nitrogen and oxygen atoms in total. The van der Waals surface area contributed by atoms with E-state index in [1.54, 1.807) is 24.3 Å². The van der Waals surface area contributed by atoms with Crippen molar-refractivity contribution in [2.24, 2.45) is 5.73 Å². The SMILES string of the molecule is N#Cc1ccc(C(=O)N2CCN(CCN)CC2)cc1. The third-order valence-corrected chi connectivity index (χ3v) is 3.37. The van der Waals surface area contributed by atoms with Gasteiger partial charge in [0.15, 0.2) is 0 Å². The normalized spacial score (nSPS) is 16.1. The number of carbonyl (C=O) groups is 1. The minimum atomic E-state index is 0.0388. The largest absolute Gasteiger partial charge is 0.336 e. The van der Waals surface area contributed by atoms with Crippen LogP contribution >= 0.6 is 0 Å². The molecule has 2 rings (SSSR count). The molecule has 0 bridgehead atoms. The Labute approximate surface area is 113 Å². The zero-order chi connectivity index (χ0) is 13.7. The molecule has 0 radical (unpaired) electrons. The Morgan fingerprint density at radius 2 is 1.84 bits per heavy atom. The van der Waals surface area contributed by atoms with Crippen LogP contribution in [0.1, 0.15) is 15.9 Å². The van der Waals surface area contributed by atoms with Gasteiger partial charge in [0.1, 0.15) is 0 Å². The molecular formula is C14H18N4O. The third kappa shape index (κ3) is 3.31. The molecule has 1 aliphatic heterocycles. The van der Waals surface area contributed by atoms with Crippen molar-refractivity contribution in [3.8, 4) is 6.07 Å². The van der Waals surface area contributed by atoms with Crippen molar-refractivity contribution < 1.29 is 4.79 Å². The fraction of sp³-hybridized carbons (Fsp3) is 0.429. The van der Waals surface area contributed by atoms with Gasteiger partial charge < -0.3 is 10.6 Å². The highest BCUT2D eigenvalue weighted by Gasteiger charge is 2.21. The third-order valence-electron chi connectivity index (χ3n) is 3.37. The standard InChI is InChI=1S/C14H18N4O/c15-5-6-17-7-9-18(10-8-17)14(19)13-3-1-12(11-16)2-4-13/h1-4H,5-10,15H2. The first-order valence-electron chi connectivity index (χ1n) is 6.46. The summed E-state index contributed by atoms with van der Waals surface area (Å²) in [6.07, 6.45) is 0. The van der Waals surface area contributed by atoms with Gasteiger partial charge in [0.05, 0.1) is 11.6 Å². The van der Waals surface area contributed by atoms with Crippen molar-refractivity contribution in [3.05, 3.63) is 35.4 Å². The zero-order valence-corrected chi connectivity index (χ0v) is 10.9. The van der Waals surface area contributed by atoms with Gasteiger partial charge in [-0.2, -0.15) is 5.26 Å². The van der Waals surface area contributed by atoms with Gasteiger partial charge >= 0.3 is 0 Å². The maximum atomic E-state index is 12.3. The van der Waals surface area contributed by atoms with Gasteiger partial charge in [-0.15, -0.1) is 0 Å². The van der Waals surface area contributed by atoms with E-state index in [1.807, 2.05) is 11.0 Å². The van der Waals surface area contributed by atoms with Crippen LogP contribution in [-0.2, 0) is 0 Å². The Morgan fingerprint density at radius 1 is 1.21 bits per heavy atom. The maximum absolute atomic E-state index is 12.3. The van der Waals surface area contributed by atoms with Crippen LogP contribution in [0, 0.1) is 11.3 Å². The maximum Gasteiger partial charge on any atom is 0.253 e. The van der Waals surface area contributed by atoms with Gasteiger partial charge in [-0.3, -0.25) is 9.69 Å². The molecule has 0 unspecified atom stereocenters. The second-order valence-corrected chi connectivity index (χ2v) is 4.61. The van der Waals surface area contributed by atoms with Crippen LogP contribution < -0.4 is 5.73 Å². The molecule has 0 spiro atoms. The number of piperazine rings is 1. The summed E-state index contributed by atoms with van der Waals surface area (Å²) in [5, 5.41) is 8.73. The van der Waals surface area contributed by atoms with E-state index in [-0.39, 0.29) is 5.91 Å². The van der Waals surface area contributed by atoms with Gasteiger partial charge in [-0.25, -0.2) is 0 Å². The van der Waals surface area contributed by atoms with Gasteiger partial charge in [-0.1, -0.05) is 0 Å². The molecule has 1 fully saturated rings. The highest BCUT2D eigenvalue weighted by atomic mass is 16.2. The summed E-state index contributed by atoms with van der Waals surface area (Å²) in [5.74, 6) is 0.0388. The Bertz CT molecular complexity index is 469. The van der Waals surface area contributed by atoms with Crippen LogP contribution in [0.3, 0.4) is 0 Å². The minimum absolute atomic E-state index is 0.0388. The van der Waals surface area contributed by atoms with Gasteiger partial charge in [0, 0.05) is 44.8 Å². The summed E-state index contributed by atoms with van der Waals surface area (Å²) in [5.41, 5.74) is 6.74. The van der Waals surface area contributed by atoms with Gasteiger partial charge in [0.25, 0.3) is 5.91 Å². The molecule has 0 aliphatic carbocycles. The molecule has 1 aliphatic rings.